The summed E-state index contributed by atoms with van der Waals surface area (Å²) in [7, 11) is 0. The average molecular weight is 252 g/mol. The van der Waals surface area contributed by atoms with Gasteiger partial charge in [-0.05, 0) is 37.8 Å². The smallest absolute Gasteiger partial charge is 0.0124 e. The van der Waals surface area contributed by atoms with E-state index in [9.17, 15) is 0 Å². The molecule has 1 aliphatic heterocycles. The number of likely N-dealkylation sites (tertiary alicyclic amines) is 1. The summed E-state index contributed by atoms with van der Waals surface area (Å²) < 4.78 is 0. The molecule has 0 spiro atoms. The van der Waals surface area contributed by atoms with Crippen LogP contribution in [-0.4, -0.2) is 24.5 Å². The minimum atomic E-state index is 0. The first-order valence-corrected chi connectivity index (χ1v) is 6.54. The maximum Gasteiger partial charge on any atom is 0.0124 e. The van der Waals surface area contributed by atoms with Crippen LogP contribution in [0, 0.1) is 12.8 Å². The third-order valence-electron chi connectivity index (χ3n) is 4.38. The SMILES string of the molecule is CCCN1CC2CC2(c2ccc(C)cc2)C1.Cl. The van der Waals surface area contributed by atoms with Crippen LogP contribution in [0.15, 0.2) is 24.3 Å². The van der Waals surface area contributed by atoms with Gasteiger partial charge in [0.25, 0.3) is 0 Å². The van der Waals surface area contributed by atoms with Gasteiger partial charge >= 0.3 is 0 Å². The second-order valence-electron chi connectivity index (χ2n) is 5.66. The predicted molar refractivity (Wildman–Crippen MR) is 74.9 cm³/mol. The molecule has 2 aliphatic rings. The van der Waals surface area contributed by atoms with Crippen LogP contribution >= 0.6 is 12.4 Å². The Labute approximate surface area is 111 Å². The van der Waals surface area contributed by atoms with Crippen molar-refractivity contribution in [1.82, 2.24) is 4.90 Å². The molecule has 2 fully saturated rings. The van der Waals surface area contributed by atoms with Gasteiger partial charge in [0.1, 0.15) is 0 Å². The van der Waals surface area contributed by atoms with Gasteiger partial charge in [0.15, 0.2) is 0 Å². The average Bonchev–Trinajstić information content (AvgIpc) is 2.84. The van der Waals surface area contributed by atoms with Gasteiger partial charge in [0.05, 0.1) is 0 Å². The second kappa shape index (κ2) is 4.62. The lowest BCUT2D eigenvalue weighted by Crippen LogP contribution is -2.27. The number of aryl methyl sites for hydroxylation is 1. The van der Waals surface area contributed by atoms with Crippen molar-refractivity contribution in [3.05, 3.63) is 35.4 Å². The molecule has 0 amide bonds. The van der Waals surface area contributed by atoms with Gasteiger partial charge < -0.3 is 4.90 Å². The van der Waals surface area contributed by atoms with Crippen molar-refractivity contribution in [2.45, 2.75) is 32.1 Å². The summed E-state index contributed by atoms with van der Waals surface area (Å²) in [6.45, 7) is 8.37. The Kier molecular flexibility index (Phi) is 3.51. The van der Waals surface area contributed by atoms with Crippen LogP contribution in [0.25, 0.3) is 0 Å². The molecule has 0 N–H and O–H groups in total. The van der Waals surface area contributed by atoms with Crippen LogP contribution in [-0.2, 0) is 5.41 Å². The molecule has 0 radical (unpaired) electrons. The second-order valence-corrected chi connectivity index (χ2v) is 5.66. The minimum Gasteiger partial charge on any atom is -0.302 e. The van der Waals surface area contributed by atoms with Crippen molar-refractivity contribution >= 4 is 12.4 Å². The molecule has 2 atom stereocenters. The minimum absolute atomic E-state index is 0. The molecule has 1 saturated carbocycles. The molecule has 94 valence electrons. The Hall–Kier alpha value is -0.530. The summed E-state index contributed by atoms with van der Waals surface area (Å²) in [5, 5.41) is 0. The fourth-order valence-electron chi connectivity index (χ4n) is 3.41. The van der Waals surface area contributed by atoms with Crippen LogP contribution in [0.5, 0.6) is 0 Å². The molecule has 0 aromatic heterocycles. The predicted octanol–water partition coefficient (Wildman–Crippen LogP) is 3.40. The third kappa shape index (κ3) is 2.11. The molecule has 2 heteroatoms. The first-order chi connectivity index (χ1) is 7.74. The maximum absolute atomic E-state index is 2.65. The number of nitrogens with zero attached hydrogens (tertiary/aromatic N) is 1. The van der Waals surface area contributed by atoms with Gasteiger partial charge in [-0.2, -0.15) is 0 Å². The van der Waals surface area contributed by atoms with Crippen molar-refractivity contribution in [2.75, 3.05) is 19.6 Å². The van der Waals surface area contributed by atoms with Gasteiger partial charge in [-0.25, -0.2) is 0 Å². The van der Waals surface area contributed by atoms with Crippen LogP contribution in [0.3, 0.4) is 0 Å². The lowest BCUT2D eigenvalue weighted by atomic mass is 9.94. The molecular formula is C15H22ClN. The lowest BCUT2D eigenvalue weighted by Gasteiger charge is -2.20. The molecule has 3 rings (SSSR count). The fraction of sp³-hybridized carbons (Fsp3) is 0.600. The summed E-state index contributed by atoms with van der Waals surface area (Å²) in [6.07, 6.45) is 2.72. The van der Waals surface area contributed by atoms with Crippen molar-refractivity contribution in [2.24, 2.45) is 5.92 Å². The number of benzene rings is 1. The van der Waals surface area contributed by atoms with Crippen molar-refractivity contribution in [3.63, 3.8) is 0 Å². The van der Waals surface area contributed by atoms with Crippen molar-refractivity contribution < 1.29 is 0 Å². The summed E-state index contributed by atoms with van der Waals surface area (Å²) in [5.41, 5.74) is 3.51. The topological polar surface area (TPSA) is 3.24 Å². The van der Waals surface area contributed by atoms with E-state index in [1.807, 2.05) is 0 Å². The fourth-order valence-corrected chi connectivity index (χ4v) is 3.41. The number of hydrogen-bond acceptors (Lipinski definition) is 1. The summed E-state index contributed by atoms with van der Waals surface area (Å²) >= 11 is 0. The van der Waals surface area contributed by atoms with E-state index in [1.165, 1.54) is 38.0 Å². The zero-order valence-corrected chi connectivity index (χ0v) is 11.6. The van der Waals surface area contributed by atoms with Crippen LogP contribution in [0.2, 0.25) is 0 Å². The number of hydrogen-bond donors (Lipinski definition) is 0. The van der Waals surface area contributed by atoms with E-state index in [1.54, 1.807) is 5.56 Å². The Morgan fingerprint density at radius 1 is 1.29 bits per heavy atom. The third-order valence-corrected chi connectivity index (χ3v) is 4.38. The Bertz CT molecular complexity index is 386. The van der Waals surface area contributed by atoms with E-state index in [2.05, 4.69) is 43.0 Å². The van der Waals surface area contributed by atoms with E-state index in [4.69, 9.17) is 0 Å². The zero-order chi connectivity index (χ0) is 11.2. The highest BCUT2D eigenvalue weighted by molar-refractivity contribution is 5.85. The number of halogens is 1. The first-order valence-electron chi connectivity index (χ1n) is 6.54. The molecule has 1 nitrogen and oxygen atoms in total. The number of fused-ring (bicyclic) bond motifs is 1. The van der Waals surface area contributed by atoms with Crippen molar-refractivity contribution in [1.29, 1.82) is 0 Å². The highest BCUT2D eigenvalue weighted by Crippen LogP contribution is 2.58. The van der Waals surface area contributed by atoms with E-state index in [-0.39, 0.29) is 12.4 Å². The number of piperidine rings is 1. The van der Waals surface area contributed by atoms with Gasteiger partial charge in [0, 0.05) is 18.5 Å². The van der Waals surface area contributed by atoms with Crippen LogP contribution < -0.4 is 0 Å². The molecule has 1 saturated heterocycles. The number of rotatable bonds is 3. The van der Waals surface area contributed by atoms with Crippen molar-refractivity contribution in [3.8, 4) is 0 Å². The van der Waals surface area contributed by atoms with Gasteiger partial charge in [-0.3, -0.25) is 0 Å². The molecule has 1 aliphatic carbocycles. The zero-order valence-electron chi connectivity index (χ0n) is 10.8. The molecule has 2 unspecified atom stereocenters. The van der Waals surface area contributed by atoms with Crippen LogP contribution in [0.1, 0.15) is 30.9 Å². The first kappa shape index (κ1) is 12.9. The van der Waals surface area contributed by atoms with E-state index in [0.717, 1.165) is 5.92 Å². The quantitative estimate of drug-likeness (QED) is 0.796. The van der Waals surface area contributed by atoms with Gasteiger partial charge in [-0.1, -0.05) is 36.8 Å². The monoisotopic (exact) mass is 251 g/mol. The highest BCUT2D eigenvalue weighted by Gasteiger charge is 2.60. The van der Waals surface area contributed by atoms with E-state index < -0.39 is 0 Å². The van der Waals surface area contributed by atoms with E-state index in [0.29, 0.717) is 5.41 Å². The van der Waals surface area contributed by atoms with Gasteiger partial charge in [-0.15, -0.1) is 12.4 Å². The molecule has 1 aromatic carbocycles. The Morgan fingerprint density at radius 3 is 2.65 bits per heavy atom. The molecule has 1 aromatic rings. The normalized spacial score (nSPS) is 30.8. The summed E-state index contributed by atoms with van der Waals surface area (Å²) in [4.78, 5) is 2.65. The van der Waals surface area contributed by atoms with Gasteiger partial charge in [0.2, 0.25) is 0 Å². The summed E-state index contributed by atoms with van der Waals surface area (Å²) in [5.74, 6) is 0.946. The molecular weight excluding hydrogens is 230 g/mol. The Morgan fingerprint density at radius 2 is 2.00 bits per heavy atom. The van der Waals surface area contributed by atoms with Crippen LogP contribution in [0.4, 0.5) is 0 Å². The van der Waals surface area contributed by atoms with E-state index >= 15 is 0 Å². The highest BCUT2D eigenvalue weighted by atomic mass is 35.5. The Balaban J connectivity index is 0.00000108. The molecule has 0 bridgehead atoms. The standard InChI is InChI=1S/C15H21N.ClH/c1-3-8-16-10-14-9-15(14,11-16)13-6-4-12(2)5-7-13;/h4-7,14H,3,8-11H2,1-2H3;1H. The lowest BCUT2D eigenvalue weighted by molar-refractivity contribution is 0.299. The molecule has 17 heavy (non-hydrogen) atoms. The molecule has 1 heterocycles. The maximum atomic E-state index is 2.65. The largest absolute Gasteiger partial charge is 0.302 e. The summed E-state index contributed by atoms with van der Waals surface area (Å²) in [6, 6.07) is 9.24.